The summed E-state index contributed by atoms with van der Waals surface area (Å²) in [4.78, 5) is 11.5. The third kappa shape index (κ3) is 3.20. The van der Waals surface area contributed by atoms with E-state index in [0.29, 0.717) is 5.41 Å². The first-order chi connectivity index (χ1) is 7.13. The minimum Gasteiger partial charge on any atom is -0.372 e. The maximum Gasteiger partial charge on any atom is 0.248 e. The van der Waals surface area contributed by atoms with Crippen LogP contribution in [0.5, 0.6) is 0 Å². The van der Waals surface area contributed by atoms with E-state index in [1.165, 1.54) is 32.1 Å². The Balaban J connectivity index is 2.31. The summed E-state index contributed by atoms with van der Waals surface area (Å²) in [6, 6.07) is 0. The van der Waals surface area contributed by atoms with Crippen LogP contribution in [0.15, 0.2) is 0 Å². The van der Waals surface area contributed by atoms with E-state index in [1.54, 1.807) is 14.0 Å². The molecule has 1 amide bonds. The van der Waals surface area contributed by atoms with Crippen LogP contribution in [0.2, 0.25) is 0 Å². The Morgan fingerprint density at radius 3 is 2.60 bits per heavy atom. The maximum absolute atomic E-state index is 11.5. The van der Waals surface area contributed by atoms with Crippen LogP contribution >= 0.6 is 0 Å². The van der Waals surface area contributed by atoms with Crippen LogP contribution in [0.25, 0.3) is 0 Å². The van der Waals surface area contributed by atoms with Crippen molar-refractivity contribution in [2.75, 3.05) is 13.7 Å². The van der Waals surface area contributed by atoms with Crippen molar-refractivity contribution in [3.63, 3.8) is 0 Å². The predicted molar refractivity (Wildman–Crippen MR) is 60.7 cm³/mol. The lowest BCUT2D eigenvalue weighted by atomic mass is 9.66. The first-order valence-electron chi connectivity index (χ1n) is 5.94. The standard InChI is InChI=1S/C12H23NO2/c1-4-6-12(7-5-8-12)9-13-11(14)10(2)15-3/h10H,4-9H2,1-3H3,(H,13,14)/t10-/m1/s1. The van der Waals surface area contributed by atoms with Crippen LogP contribution in [0.3, 0.4) is 0 Å². The number of hydrogen-bond acceptors (Lipinski definition) is 2. The molecule has 0 bridgehead atoms. The maximum atomic E-state index is 11.5. The van der Waals surface area contributed by atoms with Gasteiger partial charge in [-0.15, -0.1) is 0 Å². The number of amides is 1. The van der Waals surface area contributed by atoms with Gasteiger partial charge in [0.05, 0.1) is 0 Å². The first kappa shape index (κ1) is 12.5. The zero-order valence-electron chi connectivity index (χ0n) is 10.1. The molecule has 1 rings (SSSR count). The van der Waals surface area contributed by atoms with Gasteiger partial charge in [0.15, 0.2) is 0 Å². The molecule has 15 heavy (non-hydrogen) atoms. The second kappa shape index (κ2) is 5.50. The largest absolute Gasteiger partial charge is 0.372 e. The van der Waals surface area contributed by atoms with Gasteiger partial charge in [0, 0.05) is 13.7 Å². The highest BCUT2D eigenvalue weighted by molar-refractivity contribution is 5.80. The second-order valence-electron chi connectivity index (χ2n) is 4.70. The van der Waals surface area contributed by atoms with Gasteiger partial charge >= 0.3 is 0 Å². The minimum absolute atomic E-state index is 0.0138. The van der Waals surface area contributed by atoms with E-state index in [4.69, 9.17) is 4.74 Å². The summed E-state index contributed by atoms with van der Waals surface area (Å²) in [5, 5.41) is 3.00. The number of nitrogens with one attached hydrogen (secondary N) is 1. The molecule has 0 saturated heterocycles. The number of rotatable bonds is 6. The van der Waals surface area contributed by atoms with E-state index in [9.17, 15) is 4.79 Å². The normalized spacial score (nSPS) is 20.5. The van der Waals surface area contributed by atoms with Gasteiger partial charge in [-0.05, 0) is 31.6 Å². The van der Waals surface area contributed by atoms with Crippen molar-refractivity contribution in [3.05, 3.63) is 0 Å². The summed E-state index contributed by atoms with van der Waals surface area (Å²) >= 11 is 0. The molecule has 3 heteroatoms. The van der Waals surface area contributed by atoms with Gasteiger partial charge in [0.25, 0.3) is 0 Å². The number of ether oxygens (including phenoxy) is 1. The lowest BCUT2D eigenvalue weighted by Gasteiger charge is -2.42. The average Bonchev–Trinajstić information content (AvgIpc) is 2.20. The van der Waals surface area contributed by atoms with Crippen molar-refractivity contribution < 1.29 is 9.53 Å². The molecule has 0 radical (unpaired) electrons. The molecule has 0 heterocycles. The van der Waals surface area contributed by atoms with Gasteiger partial charge in [-0.2, -0.15) is 0 Å². The molecule has 1 aliphatic rings. The zero-order chi connectivity index (χ0) is 11.3. The first-order valence-corrected chi connectivity index (χ1v) is 5.94. The summed E-state index contributed by atoms with van der Waals surface area (Å²) in [7, 11) is 1.56. The van der Waals surface area contributed by atoms with Crippen LogP contribution in [0.1, 0.15) is 46.0 Å². The van der Waals surface area contributed by atoms with Gasteiger partial charge in [-0.1, -0.05) is 19.8 Å². The topological polar surface area (TPSA) is 38.3 Å². The molecule has 1 atom stereocenters. The fraction of sp³-hybridized carbons (Fsp3) is 0.917. The molecular formula is C12H23NO2. The van der Waals surface area contributed by atoms with Gasteiger partial charge in [0.1, 0.15) is 6.10 Å². The monoisotopic (exact) mass is 213 g/mol. The second-order valence-corrected chi connectivity index (χ2v) is 4.70. The fourth-order valence-electron chi connectivity index (χ4n) is 2.25. The number of carbonyl (C=O) groups excluding carboxylic acids is 1. The highest BCUT2D eigenvalue weighted by Crippen LogP contribution is 2.44. The predicted octanol–water partition coefficient (Wildman–Crippen LogP) is 2.11. The van der Waals surface area contributed by atoms with Crippen molar-refractivity contribution in [2.24, 2.45) is 5.41 Å². The smallest absolute Gasteiger partial charge is 0.248 e. The van der Waals surface area contributed by atoms with Crippen LogP contribution in [-0.2, 0) is 9.53 Å². The summed E-state index contributed by atoms with van der Waals surface area (Å²) in [5.41, 5.74) is 0.401. The minimum atomic E-state index is -0.330. The lowest BCUT2D eigenvalue weighted by molar-refractivity contribution is -0.131. The molecule has 0 aromatic heterocycles. The molecule has 1 fully saturated rings. The Hall–Kier alpha value is -0.570. The fourth-order valence-corrected chi connectivity index (χ4v) is 2.25. The molecule has 1 saturated carbocycles. The van der Waals surface area contributed by atoms with Crippen LogP contribution in [0, 0.1) is 5.41 Å². The van der Waals surface area contributed by atoms with Gasteiger partial charge < -0.3 is 10.1 Å². The van der Waals surface area contributed by atoms with Gasteiger partial charge in [-0.25, -0.2) is 0 Å². The van der Waals surface area contributed by atoms with E-state index < -0.39 is 0 Å². The Kier molecular flexibility index (Phi) is 4.58. The van der Waals surface area contributed by atoms with Gasteiger partial charge in [0.2, 0.25) is 5.91 Å². The van der Waals surface area contributed by atoms with E-state index in [-0.39, 0.29) is 12.0 Å². The average molecular weight is 213 g/mol. The number of hydrogen-bond donors (Lipinski definition) is 1. The van der Waals surface area contributed by atoms with Crippen molar-refractivity contribution >= 4 is 5.91 Å². The van der Waals surface area contributed by atoms with Crippen molar-refractivity contribution in [1.82, 2.24) is 5.32 Å². The molecule has 88 valence electrons. The number of carbonyl (C=O) groups is 1. The quantitative estimate of drug-likeness (QED) is 0.734. The molecule has 0 aromatic carbocycles. The van der Waals surface area contributed by atoms with E-state index >= 15 is 0 Å². The third-order valence-corrected chi connectivity index (χ3v) is 3.55. The van der Waals surface area contributed by atoms with Crippen LogP contribution in [-0.4, -0.2) is 25.7 Å². The molecule has 0 unspecified atom stereocenters. The molecular weight excluding hydrogens is 190 g/mol. The van der Waals surface area contributed by atoms with Gasteiger partial charge in [-0.3, -0.25) is 4.79 Å². The SMILES string of the molecule is CCCC1(CNC(=O)[C@@H](C)OC)CCC1. The highest BCUT2D eigenvalue weighted by Gasteiger charge is 2.36. The molecule has 0 aliphatic heterocycles. The summed E-state index contributed by atoms with van der Waals surface area (Å²) in [5.74, 6) is 0.0138. The summed E-state index contributed by atoms with van der Waals surface area (Å²) in [6.07, 6.45) is 5.95. The molecule has 0 spiro atoms. The summed E-state index contributed by atoms with van der Waals surface area (Å²) < 4.78 is 4.98. The highest BCUT2D eigenvalue weighted by atomic mass is 16.5. The van der Waals surface area contributed by atoms with Crippen molar-refractivity contribution in [2.45, 2.75) is 52.1 Å². The molecule has 3 nitrogen and oxygen atoms in total. The third-order valence-electron chi connectivity index (χ3n) is 3.55. The molecule has 1 aliphatic carbocycles. The van der Waals surface area contributed by atoms with Crippen LogP contribution < -0.4 is 5.32 Å². The Bertz CT molecular complexity index is 212. The Labute approximate surface area is 92.6 Å². The summed E-state index contributed by atoms with van der Waals surface area (Å²) in [6.45, 7) is 4.82. The van der Waals surface area contributed by atoms with Crippen molar-refractivity contribution in [3.8, 4) is 0 Å². The van der Waals surface area contributed by atoms with Crippen LogP contribution in [0.4, 0.5) is 0 Å². The van der Waals surface area contributed by atoms with E-state index in [2.05, 4.69) is 12.2 Å². The molecule has 1 N–H and O–H groups in total. The van der Waals surface area contributed by atoms with E-state index in [1.807, 2.05) is 0 Å². The molecule has 0 aromatic rings. The van der Waals surface area contributed by atoms with E-state index in [0.717, 1.165) is 6.54 Å². The lowest BCUT2D eigenvalue weighted by Crippen LogP contribution is -2.45. The Morgan fingerprint density at radius 1 is 1.53 bits per heavy atom. The Morgan fingerprint density at radius 2 is 2.20 bits per heavy atom. The number of methoxy groups -OCH3 is 1. The van der Waals surface area contributed by atoms with Crippen molar-refractivity contribution in [1.29, 1.82) is 0 Å². The zero-order valence-corrected chi connectivity index (χ0v) is 10.1.